The molecule has 0 atom stereocenters. The molecule has 4 nitrogen and oxygen atoms in total. The van der Waals surface area contributed by atoms with Crippen molar-refractivity contribution < 1.29 is 8.83 Å². The summed E-state index contributed by atoms with van der Waals surface area (Å²) in [5, 5.41) is 4.51. The van der Waals surface area contributed by atoms with Crippen molar-refractivity contribution in [3.05, 3.63) is 175 Å². The number of para-hydroxylation sites is 2. The minimum atomic E-state index is -0.144. The first-order chi connectivity index (χ1) is 29.5. The topological polar surface area (TPSA) is 32.8 Å². The van der Waals surface area contributed by atoms with Crippen LogP contribution in [0.15, 0.2) is 173 Å². The molecule has 294 valence electrons. The molecule has 61 heavy (non-hydrogen) atoms. The third kappa shape index (κ3) is 5.46. The molecule has 10 aromatic rings. The molecule has 0 radical (unpaired) electrons. The van der Waals surface area contributed by atoms with Crippen LogP contribution in [0.25, 0.3) is 55.0 Å². The van der Waals surface area contributed by atoms with Gasteiger partial charge in [0.2, 0.25) is 0 Å². The Labute approximate surface area is 356 Å². The summed E-state index contributed by atoms with van der Waals surface area (Å²) in [6.07, 6.45) is 0. The van der Waals surface area contributed by atoms with E-state index in [0.717, 1.165) is 55.3 Å². The van der Waals surface area contributed by atoms with Gasteiger partial charge in [-0.1, -0.05) is 133 Å². The number of anilines is 6. The van der Waals surface area contributed by atoms with Crippen LogP contribution in [-0.2, 0) is 10.8 Å². The fourth-order valence-corrected chi connectivity index (χ4v) is 9.97. The lowest BCUT2D eigenvalue weighted by atomic mass is 9.33. The molecule has 0 amide bonds. The van der Waals surface area contributed by atoms with Crippen LogP contribution in [0.4, 0.5) is 34.1 Å². The summed E-state index contributed by atoms with van der Waals surface area (Å²) in [6, 6.07) is 60.2. The van der Waals surface area contributed by atoms with Gasteiger partial charge in [-0.05, 0) is 110 Å². The summed E-state index contributed by atoms with van der Waals surface area (Å²) < 4.78 is 13.1. The normalized spacial score (nSPS) is 13.6. The maximum atomic E-state index is 6.58. The van der Waals surface area contributed by atoms with Gasteiger partial charge < -0.3 is 18.6 Å². The molecule has 0 saturated carbocycles. The second kappa shape index (κ2) is 12.8. The lowest BCUT2D eigenvalue weighted by Gasteiger charge is -2.45. The van der Waals surface area contributed by atoms with Crippen LogP contribution in [0.2, 0.25) is 0 Å². The van der Waals surface area contributed by atoms with Crippen LogP contribution < -0.4 is 26.2 Å². The van der Waals surface area contributed by atoms with Crippen LogP contribution in [0.3, 0.4) is 0 Å². The van der Waals surface area contributed by atoms with E-state index in [0.29, 0.717) is 0 Å². The highest BCUT2D eigenvalue weighted by Gasteiger charge is 2.44. The Morgan fingerprint density at radius 3 is 1.49 bits per heavy atom. The zero-order valence-electron chi connectivity index (χ0n) is 35.4. The molecule has 2 aromatic heterocycles. The lowest BCUT2D eigenvalue weighted by molar-refractivity contribution is 0.590. The fourth-order valence-electron chi connectivity index (χ4n) is 9.97. The maximum Gasteiger partial charge on any atom is 0.252 e. The van der Waals surface area contributed by atoms with Crippen molar-refractivity contribution in [3.8, 4) is 11.1 Å². The molecule has 12 rings (SSSR count). The Morgan fingerprint density at radius 2 is 0.902 bits per heavy atom. The van der Waals surface area contributed by atoms with Gasteiger partial charge in [0.1, 0.15) is 22.3 Å². The summed E-state index contributed by atoms with van der Waals surface area (Å²) in [5.74, 6) is 0. The third-order valence-corrected chi connectivity index (χ3v) is 13.1. The van der Waals surface area contributed by atoms with E-state index in [1.807, 2.05) is 12.1 Å². The van der Waals surface area contributed by atoms with Gasteiger partial charge >= 0.3 is 0 Å². The molecule has 0 aliphatic carbocycles. The predicted molar refractivity (Wildman–Crippen MR) is 258 cm³/mol. The molecular formula is C56H45BN2O2. The van der Waals surface area contributed by atoms with E-state index >= 15 is 0 Å². The molecule has 0 unspecified atom stereocenters. The molecule has 8 aromatic carbocycles. The molecule has 0 N–H and O–H groups in total. The van der Waals surface area contributed by atoms with Crippen molar-refractivity contribution in [2.45, 2.75) is 52.4 Å². The van der Waals surface area contributed by atoms with Crippen molar-refractivity contribution in [1.29, 1.82) is 0 Å². The average Bonchev–Trinajstić information content (AvgIpc) is 3.83. The van der Waals surface area contributed by atoms with Crippen molar-refractivity contribution in [2.75, 3.05) is 9.80 Å². The van der Waals surface area contributed by atoms with Crippen molar-refractivity contribution in [3.63, 3.8) is 0 Å². The Morgan fingerprint density at radius 1 is 0.377 bits per heavy atom. The van der Waals surface area contributed by atoms with E-state index in [2.05, 4.69) is 203 Å². The largest absolute Gasteiger partial charge is 0.456 e. The molecule has 0 saturated heterocycles. The molecule has 4 heterocycles. The zero-order valence-corrected chi connectivity index (χ0v) is 35.4. The minimum Gasteiger partial charge on any atom is -0.456 e. The lowest BCUT2D eigenvalue weighted by Crippen LogP contribution is -2.61. The summed E-state index contributed by atoms with van der Waals surface area (Å²) in [4.78, 5) is 5.02. The smallest absolute Gasteiger partial charge is 0.252 e. The first-order valence-corrected chi connectivity index (χ1v) is 21.4. The molecule has 0 spiro atoms. The summed E-state index contributed by atoms with van der Waals surface area (Å²) in [6.45, 7) is 13.9. The number of fused-ring (bicyclic) bond motifs is 10. The van der Waals surface area contributed by atoms with Crippen molar-refractivity contribution in [2.24, 2.45) is 0 Å². The van der Waals surface area contributed by atoms with Gasteiger partial charge in [-0.2, -0.15) is 0 Å². The second-order valence-electron chi connectivity index (χ2n) is 19.0. The highest BCUT2D eigenvalue weighted by atomic mass is 16.3. The third-order valence-electron chi connectivity index (χ3n) is 13.1. The van der Waals surface area contributed by atoms with Gasteiger partial charge in [0, 0.05) is 67.8 Å². The molecule has 5 heteroatoms. The van der Waals surface area contributed by atoms with Crippen LogP contribution in [0.1, 0.15) is 52.7 Å². The van der Waals surface area contributed by atoms with Gasteiger partial charge in [-0.15, -0.1) is 0 Å². The van der Waals surface area contributed by atoms with Gasteiger partial charge in [0.15, 0.2) is 0 Å². The standard InChI is InChI=1S/C56H45BN2O2/c1-55(2,3)36-21-26-44-47(29-36)59(39-23-25-43-41-17-11-13-19-51(41)61-53(43)33-39)49-31-37(56(4,5)6)30-48-54(49)57(44)45-28-35(34-14-8-7-9-15-34)20-27-46(45)58(48)38-22-24-42-40-16-10-12-18-50(40)60-52(42)32-38/h7-33H,1-6H3. The second-order valence-corrected chi connectivity index (χ2v) is 19.0. The molecule has 0 bridgehead atoms. The van der Waals surface area contributed by atoms with E-state index in [4.69, 9.17) is 8.83 Å². The summed E-state index contributed by atoms with van der Waals surface area (Å²) in [7, 11) is 0. The minimum absolute atomic E-state index is 0.0286. The van der Waals surface area contributed by atoms with Gasteiger partial charge in [-0.25, -0.2) is 0 Å². The zero-order chi connectivity index (χ0) is 41.4. The number of rotatable bonds is 3. The number of furan rings is 2. The van der Waals surface area contributed by atoms with Gasteiger partial charge in [-0.3, -0.25) is 0 Å². The van der Waals surface area contributed by atoms with Crippen LogP contribution in [-0.4, -0.2) is 6.71 Å². The first-order valence-electron chi connectivity index (χ1n) is 21.4. The Bertz CT molecular complexity index is 3420. The number of benzene rings is 8. The van der Waals surface area contributed by atoms with E-state index in [1.54, 1.807) is 0 Å². The summed E-state index contributed by atoms with van der Waals surface area (Å²) in [5.41, 5.74) is 19.1. The number of hydrogen-bond donors (Lipinski definition) is 0. The van der Waals surface area contributed by atoms with Crippen LogP contribution in [0, 0.1) is 0 Å². The van der Waals surface area contributed by atoms with E-state index < -0.39 is 0 Å². The Balaban J connectivity index is 1.19. The van der Waals surface area contributed by atoms with Crippen molar-refractivity contribution >= 4 is 101 Å². The SMILES string of the molecule is CC(C)(C)c1ccc2c(c1)N(c1ccc3c(c1)oc1ccccc13)c1cc(C(C)(C)C)cc3c1B2c1cc(-c2ccccc2)ccc1N3c1ccc2c(c1)oc1ccccc12. The molecular weight excluding hydrogens is 743 g/mol. The van der Waals surface area contributed by atoms with Gasteiger partial charge in [0.05, 0.1) is 0 Å². The quantitative estimate of drug-likeness (QED) is 0.167. The molecule has 0 fully saturated rings. The predicted octanol–water partition coefficient (Wildman–Crippen LogP) is 13.8. The van der Waals surface area contributed by atoms with Crippen LogP contribution >= 0.6 is 0 Å². The molecule has 2 aliphatic heterocycles. The average molecular weight is 789 g/mol. The number of nitrogens with zero attached hydrogens (tertiary/aromatic N) is 2. The fraction of sp³-hybridized carbons (Fsp3) is 0.143. The van der Waals surface area contributed by atoms with Crippen LogP contribution in [0.5, 0.6) is 0 Å². The first kappa shape index (κ1) is 35.9. The molecule has 2 aliphatic rings. The highest BCUT2D eigenvalue weighted by Crippen LogP contribution is 2.48. The van der Waals surface area contributed by atoms with E-state index in [9.17, 15) is 0 Å². The monoisotopic (exact) mass is 788 g/mol. The Hall–Kier alpha value is -6.98. The van der Waals surface area contributed by atoms with E-state index in [1.165, 1.54) is 61.4 Å². The van der Waals surface area contributed by atoms with Gasteiger partial charge in [0.25, 0.3) is 6.71 Å². The number of hydrogen-bond acceptors (Lipinski definition) is 4. The Kier molecular flexibility index (Phi) is 7.52. The van der Waals surface area contributed by atoms with E-state index in [-0.39, 0.29) is 17.5 Å². The van der Waals surface area contributed by atoms with Crippen molar-refractivity contribution in [1.82, 2.24) is 0 Å². The highest BCUT2D eigenvalue weighted by molar-refractivity contribution is 7.00. The summed E-state index contributed by atoms with van der Waals surface area (Å²) >= 11 is 0. The maximum absolute atomic E-state index is 6.58.